The Labute approximate surface area is 185 Å². The first-order valence-corrected chi connectivity index (χ1v) is 10.6. The number of carbonyl (C=O) groups excluding carboxylic acids is 2. The topological polar surface area (TPSA) is 80.8 Å². The van der Waals surface area contributed by atoms with Crippen LogP contribution in [0.3, 0.4) is 0 Å². The van der Waals surface area contributed by atoms with Crippen molar-refractivity contribution in [2.75, 3.05) is 18.4 Å². The van der Waals surface area contributed by atoms with Gasteiger partial charge in [-0.1, -0.05) is 6.92 Å². The molecule has 1 atom stereocenters. The van der Waals surface area contributed by atoms with E-state index in [4.69, 9.17) is 9.47 Å². The summed E-state index contributed by atoms with van der Waals surface area (Å²) in [5, 5.41) is 2.77. The molecule has 2 heterocycles. The number of halogens is 2. The molecule has 1 aliphatic heterocycles. The first-order chi connectivity index (χ1) is 15.2. The van der Waals surface area contributed by atoms with Crippen molar-refractivity contribution in [2.45, 2.75) is 39.7 Å². The van der Waals surface area contributed by atoms with Crippen LogP contribution in [0.25, 0.3) is 0 Å². The van der Waals surface area contributed by atoms with E-state index in [1.165, 1.54) is 18.3 Å². The third-order valence-corrected chi connectivity index (χ3v) is 5.36. The maximum atomic E-state index is 13.7. The summed E-state index contributed by atoms with van der Waals surface area (Å²) in [5.74, 6) is -1.33. The van der Waals surface area contributed by atoms with Crippen LogP contribution >= 0.6 is 0 Å². The molecule has 1 aliphatic rings. The smallest absolute Gasteiger partial charge is 0.410 e. The first-order valence-electron chi connectivity index (χ1n) is 10.6. The summed E-state index contributed by atoms with van der Waals surface area (Å²) in [7, 11) is 0. The van der Waals surface area contributed by atoms with E-state index in [1.54, 1.807) is 11.0 Å². The van der Waals surface area contributed by atoms with E-state index < -0.39 is 11.6 Å². The van der Waals surface area contributed by atoms with Gasteiger partial charge >= 0.3 is 6.09 Å². The second-order valence-electron chi connectivity index (χ2n) is 8.09. The standard InChI is InChI=1S/C23H27F2N3O4/c1-14(2)31-23(30)28-10-8-16(9-11-28)15(3)22(29)27-21-7-5-18(13-26-21)32-20-6-4-17(24)12-19(20)25/h4-7,12-16H,8-11H2,1-3H3,(H,26,27,29). The van der Waals surface area contributed by atoms with E-state index in [0.29, 0.717) is 31.7 Å². The number of rotatable bonds is 6. The molecule has 32 heavy (non-hydrogen) atoms. The quantitative estimate of drug-likeness (QED) is 0.675. The number of pyridine rings is 1. The number of carbonyl (C=O) groups is 2. The van der Waals surface area contributed by atoms with Crippen molar-refractivity contribution in [2.24, 2.45) is 11.8 Å². The molecule has 1 N–H and O–H groups in total. The Balaban J connectivity index is 1.50. The van der Waals surface area contributed by atoms with Crippen molar-refractivity contribution >= 4 is 17.8 Å². The van der Waals surface area contributed by atoms with Gasteiger partial charge in [0.1, 0.15) is 17.4 Å². The molecule has 0 spiro atoms. The maximum absolute atomic E-state index is 13.7. The van der Waals surface area contributed by atoms with Crippen LogP contribution in [-0.4, -0.2) is 41.1 Å². The second kappa shape index (κ2) is 10.4. The molecule has 0 saturated carbocycles. The van der Waals surface area contributed by atoms with Crippen LogP contribution in [0, 0.1) is 23.5 Å². The molecule has 172 valence electrons. The summed E-state index contributed by atoms with van der Waals surface area (Å²) < 4.78 is 37.3. The molecule has 0 bridgehead atoms. The number of anilines is 1. The van der Waals surface area contributed by atoms with Gasteiger partial charge in [0.25, 0.3) is 0 Å². The van der Waals surface area contributed by atoms with Crippen LogP contribution in [0.1, 0.15) is 33.6 Å². The van der Waals surface area contributed by atoms with Gasteiger partial charge in [-0.2, -0.15) is 0 Å². The average Bonchev–Trinajstić information content (AvgIpc) is 2.76. The Kier molecular flexibility index (Phi) is 7.61. The highest BCUT2D eigenvalue weighted by Gasteiger charge is 2.30. The minimum atomic E-state index is -0.820. The van der Waals surface area contributed by atoms with Crippen LogP contribution in [0.15, 0.2) is 36.5 Å². The molecule has 2 aromatic rings. The zero-order chi connectivity index (χ0) is 23.3. The van der Waals surface area contributed by atoms with Crippen molar-refractivity contribution in [1.29, 1.82) is 0 Å². The lowest BCUT2D eigenvalue weighted by molar-refractivity contribution is -0.121. The third kappa shape index (κ3) is 6.15. The van der Waals surface area contributed by atoms with Gasteiger partial charge in [0, 0.05) is 25.1 Å². The summed E-state index contributed by atoms with van der Waals surface area (Å²) in [4.78, 5) is 30.5. The number of hydrogen-bond donors (Lipinski definition) is 1. The predicted octanol–water partition coefficient (Wildman–Crippen LogP) is 4.98. The lowest BCUT2D eigenvalue weighted by Crippen LogP contribution is -2.42. The van der Waals surface area contributed by atoms with E-state index in [1.807, 2.05) is 20.8 Å². The molecule has 3 rings (SSSR count). The number of nitrogens with zero attached hydrogens (tertiary/aromatic N) is 2. The molecule has 1 fully saturated rings. The highest BCUT2D eigenvalue weighted by Crippen LogP contribution is 2.28. The van der Waals surface area contributed by atoms with Crippen LogP contribution in [0.4, 0.5) is 19.4 Å². The minimum absolute atomic E-state index is 0.123. The Morgan fingerprint density at radius 1 is 1.12 bits per heavy atom. The predicted molar refractivity (Wildman–Crippen MR) is 114 cm³/mol. The van der Waals surface area contributed by atoms with Gasteiger partial charge in [-0.3, -0.25) is 4.79 Å². The van der Waals surface area contributed by atoms with E-state index in [2.05, 4.69) is 10.3 Å². The molecule has 9 heteroatoms. The van der Waals surface area contributed by atoms with Crippen LogP contribution in [0.2, 0.25) is 0 Å². The van der Waals surface area contributed by atoms with Gasteiger partial charge in [0.15, 0.2) is 11.6 Å². The number of hydrogen-bond acceptors (Lipinski definition) is 5. The number of amides is 2. The Morgan fingerprint density at radius 3 is 2.44 bits per heavy atom. The van der Waals surface area contributed by atoms with Gasteiger partial charge in [-0.15, -0.1) is 0 Å². The number of piperidine rings is 1. The number of likely N-dealkylation sites (tertiary alicyclic amines) is 1. The second-order valence-corrected chi connectivity index (χ2v) is 8.09. The van der Waals surface area contributed by atoms with Crippen molar-refractivity contribution in [3.8, 4) is 11.5 Å². The summed E-state index contributed by atoms with van der Waals surface area (Å²) >= 11 is 0. The normalized spacial score (nSPS) is 15.4. The largest absolute Gasteiger partial charge is 0.453 e. The molecule has 2 amide bonds. The molecule has 0 aliphatic carbocycles. The summed E-state index contributed by atoms with van der Waals surface area (Å²) in [5.41, 5.74) is 0. The third-order valence-electron chi connectivity index (χ3n) is 5.36. The molecule has 0 radical (unpaired) electrons. The monoisotopic (exact) mass is 447 g/mol. The van der Waals surface area contributed by atoms with Crippen molar-refractivity contribution in [3.05, 3.63) is 48.2 Å². The number of nitrogens with one attached hydrogen (secondary N) is 1. The molecular formula is C23H27F2N3O4. The lowest BCUT2D eigenvalue weighted by Gasteiger charge is -2.34. The van der Waals surface area contributed by atoms with Crippen LogP contribution < -0.4 is 10.1 Å². The van der Waals surface area contributed by atoms with Gasteiger partial charge in [0.05, 0.1) is 12.3 Å². The van der Waals surface area contributed by atoms with Crippen molar-refractivity contribution in [1.82, 2.24) is 9.88 Å². The fraction of sp³-hybridized carbons (Fsp3) is 0.435. The molecule has 1 aromatic carbocycles. The summed E-state index contributed by atoms with van der Waals surface area (Å²) in [6.07, 6.45) is 2.30. The Hall–Kier alpha value is -3.23. The van der Waals surface area contributed by atoms with Crippen LogP contribution in [-0.2, 0) is 9.53 Å². The van der Waals surface area contributed by atoms with Gasteiger partial charge < -0.3 is 19.7 Å². The fourth-order valence-electron chi connectivity index (χ4n) is 3.51. The maximum Gasteiger partial charge on any atom is 0.410 e. The summed E-state index contributed by atoms with van der Waals surface area (Å²) in [6.45, 7) is 6.59. The summed E-state index contributed by atoms with van der Waals surface area (Å²) in [6, 6.07) is 6.10. The Bertz CT molecular complexity index is 945. The zero-order valence-electron chi connectivity index (χ0n) is 18.3. The number of benzene rings is 1. The molecule has 1 saturated heterocycles. The van der Waals surface area contributed by atoms with E-state index >= 15 is 0 Å². The number of aromatic nitrogens is 1. The fourth-order valence-corrected chi connectivity index (χ4v) is 3.51. The Morgan fingerprint density at radius 2 is 1.84 bits per heavy atom. The van der Waals surface area contributed by atoms with E-state index in [9.17, 15) is 18.4 Å². The molecule has 1 unspecified atom stereocenters. The highest BCUT2D eigenvalue weighted by atomic mass is 19.1. The molecular weight excluding hydrogens is 420 g/mol. The van der Waals surface area contributed by atoms with Crippen molar-refractivity contribution in [3.63, 3.8) is 0 Å². The number of ether oxygens (including phenoxy) is 2. The minimum Gasteiger partial charge on any atom is -0.453 e. The van der Waals surface area contributed by atoms with Gasteiger partial charge in [0.2, 0.25) is 5.91 Å². The SMILES string of the molecule is CC(C)OC(=O)N1CCC(C(C)C(=O)Nc2ccc(Oc3ccc(F)cc3F)cn2)CC1. The lowest BCUT2D eigenvalue weighted by atomic mass is 9.85. The molecule has 1 aromatic heterocycles. The van der Waals surface area contributed by atoms with Crippen molar-refractivity contribution < 1.29 is 27.8 Å². The van der Waals surface area contributed by atoms with Crippen LogP contribution in [0.5, 0.6) is 11.5 Å². The molecule has 7 nitrogen and oxygen atoms in total. The highest BCUT2D eigenvalue weighted by molar-refractivity contribution is 5.91. The first kappa shape index (κ1) is 23.4. The van der Waals surface area contributed by atoms with Gasteiger partial charge in [-0.05, 0) is 56.9 Å². The zero-order valence-corrected chi connectivity index (χ0v) is 18.3. The average molecular weight is 447 g/mol. The van der Waals surface area contributed by atoms with E-state index in [-0.39, 0.29) is 41.4 Å². The van der Waals surface area contributed by atoms with E-state index in [0.717, 1.165) is 12.1 Å². The van der Waals surface area contributed by atoms with Gasteiger partial charge in [-0.25, -0.2) is 18.6 Å².